The Labute approximate surface area is 245 Å². The molecule has 1 unspecified atom stereocenters. The molecule has 0 spiro atoms. The summed E-state index contributed by atoms with van der Waals surface area (Å²) in [5, 5.41) is 6.62. The van der Waals surface area contributed by atoms with Crippen LogP contribution in [0.25, 0.3) is 10.8 Å². The van der Waals surface area contributed by atoms with E-state index in [0.717, 1.165) is 22.6 Å². The van der Waals surface area contributed by atoms with Gasteiger partial charge in [-0.05, 0) is 59.8 Å². The summed E-state index contributed by atoms with van der Waals surface area (Å²) in [6.07, 6.45) is -4.21. The van der Waals surface area contributed by atoms with E-state index in [1.165, 1.54) is 30.3 Å². The second kappa shape index (κ2) is 13.3. The van der Waals surface area contributed by atoms with E-state index in [4.69, 9.17) is 4.74 Å². The van der Waals surface area contributed by atoms with Crippen molar-refractivity contribution in [3.63, 3.8) is 0 Å². The summed E-state index contributed by atoms with van der Waals surface area (Å²) in [6, 6.07) is 18.1. The first-order chi connectivity index (χ1) is 20.4. The molecule has 0 radical (unpaired) electrons. The number of amides is 2. The molecule has 0 saturated carbocycles. The summed E-state index contributed by atoms with van der Waals surface area (Å²) < 4.78 is 48.8. The third kappa shape index (κ3) is 8.51. The van der Waals surface area contributed by atoms with Gasteiger partial charge in [0.05, 0.1) is 13.2 Å². The number of aryl methyl sites for hydroxylation is 1. The second-order valence-corrected chi connectivity index (χ2v) is 10.1. The lowest BCUT2D eigenvalue weighted by Gasteiger charge is -2.21. The molecule has 3 aromatic carbocycles. The molecule has 4 rings (SSSR count). The Kier molecular flexibility index (Phi) is 9.59. The summed E-state index contributed by atoms with van der Waals surface area (Å²) in [4.78, 5) is 41.2. The van der Waals surface area contributed by atoms with Gasteiger partial charge >= 0.3 is 12.5 Å². The molecule has 0 aliphatic heterocycles. The van der Waals surface area contributed by atoms with E-state index in [2.05, 4.69) is 20.4 Å². The number of carbonyl (C=O) groups excluding carboxylic acids is 2. The van der Waals surface area contributed by atoms with E-state index in [0.29, 0.717) is 11.1 Å². The van der Waals surface area contributed by atoms with Crippen molar-refractivity contribution in [2.45, 2.75) is 32.7 Å². The van der Waals surface area contributed by atoms with E-state index in [-0.39, 0.29) is 42.4 Å². The molecule has 9 nitrogen and oxygen atoms in total. The van der Waals surface area contributed by atoms with Crippen molar-refractivity contribution in [1.29, 1.82) is 0 Å². The van der Waals surface area contributed by atoms with Gasteiger partial charge in [0.2, 0.25) is 5.91 Å². The van der Waals surface area contributed by atoms with Gasteiger partial charge in [0.25, 0.3) is 5.56 Å². The monoisotopic (exact) mass is 596 g/mol. The van der Waals surface area contributed by atoms with Crippen LogP contribution < -0.4 is 20.9 Å². The topological polar surface area (TPSA) is 113 Å². The fourth-order valence-electron chi connectivity index (χ4n) is 4.54. The zero-order chi connectivity index (χ0) is 31.1. The number of fused-ring (bicyclic) bond motifs is 1. The Hall–Kier alpha value is -5.00. The van der Waals surface area contributed by atoms with Crippen LogP contribution in [0.1, 0.15) is 29.5 Å². The molecule has 0 saturated heterocycles. The molecule has 2 amide bonds. The average molecular weight is 597 g/mol. The van der Waals surface area contributed by atoms with Crippen LogP contribution >= 0.6 is 0 Å². The predicted octanol–water partition coefficient (Wildman–Crippen LogP) is 6.16. The van der Waals surface area contributed by atoms with Crippen molar-refractivity contribution in [3.05, 3.63) is 100.0 Å². The van der Waals surface area contributed by atoms with Crippen molar-refractivity contribution >= 4 is 34.1 Å². The Morgan fingerprint density at radius 3 is 2.51 bits per heavy atom. The number of pyridine rings is 1. The Morgan fingerprint density at radius 2 is 1.77 bits per heavy atom. The van der Waals surface area contributed by atoms with Gasteiger partial charge in [0.1, 0.15) is 5.75 Å². The summed E-state index contributed by atoms with van der Waals surface area (Å²) >= 11 is 0. The highest BCUT2D eigenvalue weighted by atomic mass is 19.4. The number of hydrogen-bond acceptors (Lipinski definition) is 6. The zero-order valence-corrected chi connectivity index (χ0v) is 23.7. The Balaban J connectivity index is 1.41. The number of rotatable bonds is 10. The number of nitrogens with one attached hydrogen (secondary N) is 3. The van der Waals surface area contributed by atoms with E-state index in [1.54, 1.807) is 24.3 Å². The van der Waals surface area contributed by atoms with Crippen molar-refractivity contribution in [3.8, 4) is 5.75 Å². The molecule has 1 atom stereocenters. The number of nitrogens with zero attached hydrogens (tertiary/aromatic N) is 1. The number of aromatic amines is 1. The van der Waals surface area contributed by atoms with Crippen LogP contribution in [-0.4, -0.2) is 48.4 Å². The molecule has 0 bridgehead atoms. The van der Waals surface area contributed by atoms with E-state index in [1.807, 2.05) is 38.1 Å². The molecular weight excluding hydrogens is 565 g/mol. The highest BCUT2D eigenvalue weighted by molar-refractivity contribution is 5.87. The SMILES string of the molecule is Cc1ccccc1C(C)COC(=O)Nc1ccc(OC(F)(F)F)c(CN(C)C(=O)CNc2ccc3cc[nH]c(=O)c3c2)c1. The number of benzene rings is 3. The molecule has 0 fully saturated rings. The smallest absolute Gasteiger partial charge is 0.449 e. The zero-order valence-electron chi connectivity index (χ0n) is 23.7. The van der Waals surface area contributed by atoms with Gasteiger partial charge in [-0.25, -0.2) is 4.79 Å². The van der Waals surface area contributed by atoms with E-state index >= 15 is 0 Å². The molecule has 4 aromatic rings. The highest BCUT2D eigenvalue weighted by Gasteiger charge is 2.32. The molecular formula is C31H31F3N4O5. The standard InChI is InChI=1S/C31H31F3N4O5/c1-19-6-4-5-7-25(19)20(2)18-42-30(41)37-24-10-11-27(43-31(32,33)34)22(14-24)17-38(3)28(39)16-36-23-9-8-21-12-13-35-29(40)26(21)15-23/h4-15,20,36H,16-18H2,1-3H3,(H,35,40)(H,37,41). The minimum atomic E-state index is -4.97. The van der Waals surface area contributed by atoms with Crippen LogP contribution in [0, 0.1) is 6.92 Å². The first kappa shape index (κ1) is 30.9. The largest absolute Gasteiger partial charge is 0.573 e. The fraction of sp³-hybridized carbons (Fsp3) is 0.258. The van der Waals surface area contributed by atoms with E-state index in [9.17, 15) is 27.6 Å². The van der Waals surface area contributed by atoms with Crippen LogP contribution in [0.15, 0.2) is 77.7 Å². The van der Waals surface area contributed by atoms with Gasteiger partial charge in [0, 0.05) is 48.0 Å². The van der Waals surface area contributed by atoms with Gasteiger partial charge in [-0.1, -0.05) is 37.3 Å². The van der Waals surface area contributed by atoms with Crippen molar-refractivity contribution in [1.82, 2.24) is 9.88 Å². The maximum absolute atomic E-state index is 13.1. The third-order valence-electron chi connectivity index (χ3n) is 6.77. The van der Waals surface area contributed by atoms with Gasteiger partial charge < -0.3 is 24.7 Å². The number of alkyl halides is 3. The van der Waals surface area contributed by atoms with Crippen LogP contribution in [0.2, 0.25) is 0 Å². The normalized spacial score (nSPS) is 12.0. The number of hydrogen-bond donors (Lipinski definition) is 3. The van der Waals surface area contributed by atoms with Gasteiger partial charge in [-0.15, -0.1) is 13.2 Å². The Morgan fingerprint density at radius 1 is 1.02 bits per heavy atom. The van der Waals surface area contributed by atoms with Crippen molar-refractivity contribution in [2.75, 3.05) is 30.8 Å². The maximum atomic E-state index is 13.1. The van der Waals surface area contributed by atoms with Crippen LogP contribution in [0.3, 0.4) is 0 Å². The minimum Gasteiger partial charge on any atom is -0.449 e. The molecule has 0 aliphatic rings. The van der Waals surface area contributed by atoms with Gasteiger partial charge in [-0.2, -0.15) is 0 Å². The van der Waals surface area contributed by atoms with Gasteiger partial charge in [-0.3, -0.25) is 14.9 Å². The second-order valence-electron chi connectivity index (χ2n) is 10.1. The predicted molar refractivity (Wildman–Crippen MR) is 157 cm³/mol. The first-order valence-corrected chi connectivity index (χ1v) is 13.4. The summed E-state index contributed by atoms with van der Waals surface area (Å²) in [5.41, 5.74) is 2.51. The summed E-state index contributed by atoms with van der Waals surface area (Å²) in [5.74, 6) is -1.03. The molecule has 0 aliphatic carbocycles. The van der Waals surface area contributed by atoms with Crippen molar-refractivity contribution < 1.29 is 32.2 Å². The lowest BCUT2D eigenvalue weighted by molar-refractivity contribution is -0.275. The highest BCUT2D eigenvalue weighted by Crippen LogP contribution is 2.30. The fourth-order valence-corrected chi connectivity index (χ4v) is 4.54. The maximum Gasteiger partial charge on any atom is 0.573 e. The number of likely N-dealkylation sites (N-methyl/N-ethyl adjacent to an activating group) is 1. The minimum absolute atomic E-state index is 0.0106. The first-order valence-electron chi connectivity index (χ1n) is 13.4. The molecule has 12 heteroatoms. The molecule has 1 aromatic heterocycles. The Bertz CT molecular complexity index is 1670. The summed E-state index contributed by atoms with van der Waals surface area (Å²) in [7, 11) is 1.42. The van der Waals surface area contributed by atoms with Crippen LogP contribution in [0.5, 0.6) is 5.75 Å². The number of anilines is 2. The number of aromatic nitrogens is 1. The lowest BCUT2D eigenvalue weighted by atomic mass is 9.97. The lowest BCUT2D eigenvalue weighted by Crippen LogP contribution is -2.32. The average Bonchev–Trinajstić information content (AvgIpc) is 2.96. The number of halogens is 3. The third-order valence-corrected chi connectivity index (χ3v) is 6.77. The van der Waals surface area contributed by atoms with Gasteiger partial charge in [0.15, 0.2) is 0 Å². The number of ether oxygens (including phenoxy) is 2. The number of carbonyl (C=O) groups is 2. The van der Waals surface area contributed by atoms with E-state index < -0.39 is 24.1 Å². The molecule has 3 N–H and O–H groups in total. The number of H-pyrrole nitrogens is 1. The summed E-state index contributed by atoms with van der Waals surface area (Å²) in [6.45, 7) is 3.53. The molecule has 43 heavy (non-hydrogen) atoms. The molecule has 1 heterocycles. The van der Waals surface area contributed by atoms with Crippen LogP contribution in [0.4, 0.5) is 29.3 Å². The molecule has 226 valence electrons. The quantitative estimate of drug-likeness (QED) is 0.202. The van der Waals surface area contributed by atoms with Crippen LogP contribution in [-0.2, 0) is 16.1 Å². The van der Waals surface area contributed by atoms with Crippen molar-refractivity contribution in [2.24, 2.45) is 0 Å².